The highest BCUT2D eigenvalue weighted by atomic mass is 35.5. The third-order valence-corrected chi connectivity index (χ3v) is 4.70. The number of rotatable bonds is 7. The van der Waals surface area contributed by atoms with E-state index in [1.165, 1.54) is 11.0 Å². The first kappa shape index (κ1) is 21.1. The Bertz CT molecular complexity index is 794. The number of nitrogens with zero attached hydrogens (tertiary/aromatic N) is 1. The molecule has 1 aliphatic rings. The minimum Gasteiger partial charge on any atom is -0.481 e. The number of allylic oxidation sites excluding steroid dienone is 1. The number of carboxylic acids is 1. The minimum atomic E-state index is -0.953. The van der Waals surface area contributed by atoms with Crippen molar-refractivity contribution in [2.24, 2.45) is 0 Å². The van der Waals surface area contributed by atoms with Gasteiger partial charge in [0.05, 0.1) is 18.2 Å². The van der Waals surface area contributed by atoms with Gasteiger partial charge in [-0.05, 0) is 38.0 Å². The molecule has 0 bridgehead atoms. The zero-order valence-corrected chi connectivity index (χ0v) is 16.4. The number of hydrogen-bond donors (Lipinski definition) is 2. The van der Waals surface area contributed by atoms with E-state index in [0.29, 0.717) is 21.3 Å². The molecule has 146 valence electrons. The molecule has 1 aliphatic heterocycles. The quantitative estimate of drug-likeness (QED) is 0.662. The van der Waals surface area contributed by atoms with Crippen LogP contribution in [0.15, 0.2) is 29.5 Å². The molecule has 0 unspecified atom stereocenters. The molecular weight excluding hydrogens is 395 g/mol. The summed E-state index contributed by atoms with van der Waals surface area (Å²) in [6.07, 6.45) is 0.167. The maximum absolute atomic E-state index is 12.6. The molecule has 1 aromatic carbocycles. The fourth-order valence-electron chi connectivity index (χ4n) is 2.88. The van der Waals surface area contributed by atoms with Crippen LogP contribution >= 0.6 is 23.2 Å². The van der Waals surface area contributed by atoms with E-state index < -0.39 is 24.0 Å². The maximum Gasteiger partial charge on any atom is 0.338 e. The van der Waals surface area contributed by atoms with Gasteiger partial charge in [0.2, 0.25) is 0 Å². The summed E-state index contributed by atoms with van der Waals surface area (Å²) in [6, 6.07) is 3.55. The Morgan fingerprint density at radius 2 is 2.04 bits per heavy atom. The van der Waals surface area contributed by atoms with Gasteiger partial charge in [-0.2, -0.15) is 0 Å². The number of benzene rings is 1. The topological polar surface area (TPSA) is 95.9 Å². The summed E-state index contributed by atoms with van der Waals surface area (Å²) >= 11 is 12.2. The monoisotopic (exact) mass is 414 g/mol. The van der Waals surface area contributed by atoms with E-state index in [1.54, 1.807) is 26.0 Å². The first-order valence-corrected chi connectivity index (χ1v) is 9.14. The van der Waals surface area contributed by atoms with E-state index >= 15 is 0 Å². The number of ether oxygens (including phenoxy) is 1. The van der Waals surface area contributed by atoms with Gasteiger partial charge in [-0.1, -0.05) is 29.3 Å². The molecule has 27 heavy (non-hydrogen) atoms. The number of hydrogen-bond acceptors (Lipinski definition) is 4. The zero-order valence-electron chi connectivity index (χ0n) is 14.9. The highest BCUT2D eigenvalue weighted by Gasteiger charge is 2.37. The third kappa shape index (κ3) is 4.93. The van der Waals surface area contributed by atoms with Crippen molar-refractivity contribution in [3.63, 3.8) is 0 Å². The maximum atomic E-state index is 12.6. The van der Waals surface area contributed by atoms with E-state index in [0.717, 1.165) is 0 Å². The lowest BCUT2D eigenvalue weighted by atomic mass is 9.94. The van der Waals surface area contributed by atoms with E-state index in [-0.39, 0.29) is 31.6 Å². The molecule has 9 heteroatoms. The van der Waals surface area contributed by atoms with Crippen molar-refractivity contribution in [3.05, 3.63) is 45.1 Å². The van der Waals surface area contributed by atoms with Crippen LogP contribution in [0.2, 0.25) is 10.0 Å². The average Bonchev–Trinajstić information content (AvgIpc) is 2.57. The number of urea groups is 1. The highest BCUT2D eigenvalue weighted by Crippen LogP contribution is 2.35. The standard InChI is InChI=1S/C18H20Cl2N2O5/c1-3-27-17(25)15-10(2)22(8-4-5-14(23)24)18(26)21-16(15)12-7-6-11(19)9-13(12)20/h6-7,9,16H,3-5,8H2,1-2H3,(H,21,26)(H,23,24)/t16-/m0/s1. The van der Waals surface area contributed by atoms with Crippen molar-refractivity contribution in [1.29, 1.82) is 0 Å². The fourth-order valence-corrected chi connectivity index (χ4v) is 3.40. The molecular formula is C18H20Cl2N2O5. The predicted octanol–water partition coefficient (Wildman–Crippen LogP) is 3.76. The van der Waals surface area contributed by atoms with Crippen molar-refractivity contribution < 1.29 is 24.2 Å². The van der Waals surface area contributed by atoms with Gasteiger partial charge in [-0.25, -0.2) is 9.59 Å². The number of amides is 2. The molecule has 0 radical (unpaired) electrons. The van der Waals surface area contributed by atoms with Crippen LogP contribution in [0, 0.1) is 0 Å². The summed E-state index contributed by atoms with van der Waals surface area (Å²) in [7, 11) is 0. The van der Waals surface area contributed by atoms with Crippen LogP contribution in [0.1, 0.15) is 38.3 Å². The summed E-state index contributed by atoms with van der Waals surface area (Å²) in [4.78, 5) is 37.2. The molecule has 2 N–H and O–H groups in total. The number of halogens is 2. The normalized spacial score (nSPS) is 17.0. The van der Waals surface area contributed by atoms with E-state index in [1.807, 2.05) is 0 Å². The van der Waals surface area contributed by atoms with Gasteiger partial charge >= 0.3 is 18.0 Å². The smallest absolute Gasteiger partial charge is 0.338 e. The molecule has 7 nitrogen and oxygen atoms in total. The van der Waals surface area contributed by atoms with E-state index in [9.17, 15) is 14.4 Å². The molecule has 0 fully saturated rings. The van der Waals surface area contributed by atoms with E-state index in [2.05, 4.69) is 5.32 Å². The van der Waals surface area contributed by atoms with Gasteiger partial charge in [0, 0.05) is 28.7 Å². The molecule has 0 saturated carbocycles. The first-order valence-electron chi connectivity index (χ1n) is 8.38. The Balaban J connectivity index is 2.44. The lowest BCUT2D eigenvalue weighted by Crippen LogP contribution is -2.48. The van der Waals surface area contributed by atoms with Gasteiger partial charge in [0.15, 0.2) is 0 Å². The van der Waals surface area contributed by atoms with Crippen molar-refractivity contribution in [2.75, 3.05) is 13.2 Å². The fraction of sp³-hybridized carbons (Fsp3) is 0.389. The van der Waals surface area contributed by atoms with Gasteiger partial charge in [-0.3, -0.25) is 9.69 Å². The number of esters is 1. The van der Waals surface area contributed by atoms with Gasteiger partial charge in [-0.15, -0.1) is 0 Å². The lowest BCUT2D eigenvalue weighted by Gasteiger charge is -2.35. The van der Waals surface area contributed by atoms with Gasteiger partial charge < -0.3 is 15.2 Å². The Morgan fingerprint density at radius 3 is 2.63 bits per heavy atom. The van der Waals surface area contributed by atoms with Crippen molar-refractivity contribution in [3.8, 4) is 0 Å². The number of carboxylic acid groups (broad SMARTS) is 1. The van der Waals surface area contributed by atoms with Crippen LogP contribution < -0.4 is 5.32 Å². The van der Waals surface area contributed by atoms with Crippen LogP contribution in [0.3, 0.4) is 0 Å². The van der Waals surface area contributed by atoms with Crippen LogP contribution in [0.4, 0.5) is 4.79 Å². The van der Waals surface area contributed by atoms with Crippen LogP contribution in [0.25, 0.3) is 0 Å². The number of nitrogens with one attached hydrogen (secondary N) is 1. The van der Waals surface area contributed by atoms with Crippen molar-refractivity contribution in [1.82, 2.24) is 10.2 Å². The summed E-state index contributed by atoms with van der Waals surface area (Å²) in [5, 5.41) is 12.3. The number of carbonyl (C=O) groups is 3. The molecule has 1 heterocycles. The van der Waals surface area contributed by atoms with Crippen LogP contribution in [0.5, 0.6) is 0 Å². The third-order valence-electron chi connectivity index (χ3n) is 4.14. The SMILES string of the molecule is CCOC(=O)C1=C(C)N(CCCC(=O)O)C(=O)N[C@H]1c1ccc(Cl)cc1Cl. The predicted molar refractivity (Wildman–Crippen MR) is 101 cm³/mol. The van der Waals surface area contributed by atoms with Crippen molar-refractivity contribution >= 4 is 41.2 Å². The van der Waals surface area contributed by atoms with Crippen LogP contribution in [-0.2, 0) is 14.3 Å². The van der Waals surface area contributed by atoms with Crippen LogP contribution in [-0.4, -0.2) is 41.1 Å². The number of carbonyl (C=O) groups excluding carboxylic acids is 2. The average molecular weight is 415 g/mol. The molecule has 2 rings (SSSR count). The van der Waals surface area contributed by atoms with E-state index in [4.69, 9.17) is 33.0 Å². The number of aliphatic carboxylic acids is 1. The molecule has 0 aliphatic carbocycles. The molecule has 0 aromatic heterocycles. The Labute approximate surface area is 166 Å². The molecule has 0 spiro atoms. The Hall–Kier alpha value is -2.25. The second-order valence-electron chi connectivity index (χ2n) is 5.92. The summed E-state index contributed by atoms with van der Waals surface area (Å²) in [5.41, 5.74) is 1.16. The summed E-state index contributed by atoms with van der Waals surface area (Å²) in [6.45, 7) is 3.64. The van der Waals surface area contributed by atoms with Gasteiger partial charge in [0.1, 0.15) is 0 Å². The largest absolute Gasteiger partial charge is 0.481 e. The van der Waals surface area contributed by atoms with Crippen molar-refractivity contribution in [2.45, 2.75) is 32.7 Å². The first-order chi connectivity index (χ1) is 12.8. The Kier molecular flexibility index (Phi) is 7.10. The summed E-state index contributed by atoms with van der Waals surface area (Å²) in [5.74, 6) is -1.53. The summed E-state index contributed by atoms with van der Waals surface area (Å²) < 4.78 is 5.16. The second kappa shape index (κ2) is 9.10. The van der Waals surface area contributed by atoms with Gasteiger partial charge in [0.25, 0.3) is 0 Å². The minimum absolute atomic E-state index is 0.0851. The second-order valence-corrected chi connectivity index (χ2v) is 6.76. The zero-order chi connectivity index (χ0) is 20.1. The molecule has 1 aromatic rings. The molecule has 1 atom stereocenters. The lowest BCUT2D eigenvalue weighted by molar-refractivity contribution is -0.139. The highest BCUT2D eigenvalue weighted by molar-refractivity contribution is 6.35. The molecule has 2 amide bonds. The Morgan fingerprint density at radius 1 is 1.33 bits per heavy atom. The molecule has 0 saturated heterocycles.